The van der Waals surface area contributed by atoms with E-state index >= 15 is 0 Å². The van der Waals surface area contributed by atoms with Crippen molar-refractivity contribution in [2.24, 2.45) is 5.14 Å². The molecular weight excluding hydrogens is 340 g/mol. The van der Waals surface area contributed by atoms with Gasteiger partial charge in [0.2, 0.25) is 15.9 Å². The van der Waals surface area contributed by atoms with E-state index < -0.39 is 10.0 Å². The van der Waals surface area contributed by atoms with Crippen molar-refractivity contribution in [1.29, 1.82) is 0 Å². The first-order valence-electron chi connectivity index (χ1n) is 7.61. The number of methoxy groups -OCH3 is 1. The number of hydrogen-bond donors (Lipinski definition) is 2. The average Bonchev–Trinajstić information content (AvgIpc) is 2.60. The Labute approximate surface area is 147 Å². The molecule has 0 spiro atoms. The lowest BCUT2D eigenvalue weighted by atomic mass is 10.1. The second-order valence-corrected chi connectivity index (χ2v) is 6.85. The number of nitrogens with one attached hydrogen (secondary N) is 1. The molecule has 0 unspecified atom stereocenters. The fourth-order valence-corrected chi connectivity index (χ4v) is 2.97. The fourth-order valence-electron chi connectivity index (χ4n) is 2.22. The van der Waals surface area contributed by atoms with Crippen molar-refractivity contribution in [3.63, 3.8) is 0 Å². The Bertz CT molecular complexity index is 862. The van der Waals surface area contributed by atoms with Gasteiger partial charge in [-0.2, -0.15) is 0 Å². The van der Waals surface area contributed by atoms with Crippen LogP contribution in [0.25, 0.3) is 6.08 Å². The number of primary sulfonamides is 1. The number of carbonyl (C=O) groups is 1. The molecule has 3 N–H and O–H groups in total. The van der Waals surface area contributed by atoms with Crippen LogP contribution in [0.1, 0.15) is 11.1 Å². The predicted octanol–water partition coefficient (Wildman–Crippen LogP) is 1.71. The number of hydrogen-bond acceptors (Lipinski definition) is 4. The van der Waals surface area contributed by atoms with Crippen molar-refractivity contribution in [2.75, 3.05) is 13.7 Å². The molecule has 2 aromatic rings. The van der Waals surface area contributed by atoms with Crippen molar-refractivity contribution in [3.8, 4) is 5.75 Å². The smallest absolute Gasteiger partial charge is 0.244 e. The molecule has 0 aliphatic carbocycles. The summed E-state index contributed by atoms with van der Waals surface area (Å²) >= 11 is 0. The second-order valence-electron chi connectivity index (χ2n) is 5.32. The number of rotatable bonds is 7. The molecular formula is C18H20N2O4S. The lowest BCUT2D eigenvalue weighted by Gasteiger charge is -2.09. The van der Waals surface area contributed by atoms with Crippen LogP contribution in [0.2, 0.25) is 0 Å². The maximum absolute atomic E-state index is 11.8. The highest BCUT2D eigenvalue weighted by atomic mass is 32.2. The molecule has 7 heteroatoms. The third-order valence-corrected chi connectivity index (χ3v) is 4.41. The summed E-state index contributed by atoms with van der Waals surface area (Å²) in [5, 5.41) is 7.94. The van der Waals surface area contributed by atoms with E-state index in [0.717, 1.165) is 11.1 Å². The van der Waals surface area contributed by atoms with Gasteiger partial charge in [-0.15, -0.1) is 0 Å². The van der Waals surface area contributed by atoms with Gasteiger partial charge in [-0.1, -0.05) is 36.4 Å². The Morgan fingerprint density at radius 2 is 1.92 bits per heavy atom. The van der Waals surface area contributed by atoms with Gasteiger partial charge in [-0.05, 0) is 35.8 Å². The molecule has 0 saturated carbocycles. The van der Waals surface area contributed by atoms with Gasteiger partial charge in [-0.3, -0.25) is 4.79 Å². The molecule has 1 amide bonds. The van der Waals surface area contributed by atoms with Gasteiger partial charge in [0.05, 0.1) is 7.11 Å². The Morgan fingerprint density at radius 3 is 2.56 bits per heavy atom. The van der Waals surface area contributed by atoms with E-state index in [-0.39, 0.29) is 16.6 Å². The number of ether oxygens (including phenoxy) is 1. The Balaban J connectivity index is 1.93. The molecule has 0 saturated heterocycles. The largest absolute Gasteiger partial charge is 0.495 e. The third kappa shape index (κ3) is 5.74. The minimum Gasteiger partial charge on any atom is -0.495 e. The van der Waals surface area contributed by atoms with E-state index in [1.54, 1.807) is 18.2 Å². The van der Waals surface area contributed by atoms with Crippen LogP contribution in [0.4, 0.5) is 0 Å². The highest BCUT2D eigenvalue weighted by Crippen LogP contribution is 2.23. The quantitative estimate of drug-likeness (QED) is 0.735. The van der Waals surface area contributed by atoms with Crippen molar-refractivity contribution < 1.29 is 17.9 Å². The highest BCUT2D eigenvalue weighted by Gasteiger charge is 2.15. The molecule has 132 valence electrons. The molecule has 0 atom stereocenters. The van der Waals surface area contributed by atoms with E-state index in [0.29, 0.717) is 13.0 Å². The van der Waals surface area contributed by atoms with E-state index in [4.69, 9.17) is 9.88 Å². The van der Waals surface area contributed by atoms with E-state index in [1.807, 2.05) is 30.3 Å². The first-order valence-corrected chi connectivity index (χ1v) is 9.15. The lowest BCUT2D eigenvalue weighted by molar-refractivity contribution is -0.116. The van der Waals surface area contributed by atoms with Crippen LogP contribution in [-0.4, -0.2) is 28.0 Å². The van der Waals surface area contributed by atoms with Crippen LogP contribution in [0.3, 0.4) is 0 Å². The van der Waals surface area contributed by atoms with E-state index in [1.165, 1.54) is 19.3 Å². The van der Waals surface area contributed by atoms with Gasteiger partial charge >= 0.3 is 0 Å². The molecule has 0 aromatic heterocycles. The Hall–Kier alpha value is -2.64. The Kier molecular flexibility index (Phi) is 6.32. The summed E-state index contributed by atoms with van der Waals surface area (Å²) in [6, 6.07) is 14.2. The van der Waals surface area contributed by atoms with Crippen LogP contribution in [0.15, 0.2) is 59.5 Å². The summed E-state index contributed by atoms with van der Waals surface area (Å²) < 4.78 is 28.2. The maximum atomic E-state index is 11.8. The zero-order valence-corrected chi connectivity index (χ0v) is 14.6. The first kappa shape index (κ1) is 18.7. The molecule has 0 aliphatic heterocycles. The van der Waals surface area contributed by atoms with Crippen molar-refractivity contribution in [3.05, 3.63) is 65.7 Å². The minimum atomic E-state index is -3.87. The minimum absolute atomic E-state index is 0.0669. The molecule has 25 heavy (non-hydrogen) atoms. The molecule has 6 nitrogen and oxygen atoms in total. The van der Waals surface area contributed by atoms with Crippen LogP contribution in [0, 0.1) is 0 Å². The normalized spacial score (nSPS) is 11.4. The van der Waals surface area contributed by atoms with Crippen LogP contribution in [0.5, 0.6) is 5.75 Å². The molecule has 0 bridgehead atoms. The summed E-state index contributed by atoms with van der Waals surface area (Å²) in [4.78, 5) is 11.7. The zero-order valence-electron chi connectivity index (χ0n) is 13.8. The fraction of sp³-hybridized carbons (Fsp3) is 0.167. The maximum Gasteiger partial charge on any atom is 0.244 e. The zero-order chi connectivity index (χ0) is 18.3. The topological polar surface area (TPSA) is 98.5 Å². The number of benzene rings is 2. The summed E-state index contributed by atoms with van der Waals surface area (Å²) in [6.45, 7) is 0.369. The van der Waals surface area contributed by atoms with Crippen LogP contribution in [-0.2, 0) is 21.2 Å². The summed E-state index contributed by atoms with van der Waals surface area (Å²) in [5.41, 5.74) is 1.67. The van der Waals surface area contributed by atoms with Gasteiger partial charge in [0.15, 0.2) is 0 Å². The molecule has 0 fully saturated rings. The SMILES string of the molecule is COc1ccc(CCNC(=O)C=Cc2ccccc2)cc1S(N)(=O)=O. The summed E-state index contributed by atoms with van der Waals surface area (Å²) in [5.74, 6) is -0.0230. The average molecular weight is 360 g/mol. The molecule has 0 aliphatic rings. The van der Waals surface area contributed by atoms with E-state index in [9.17, 15) is 13.2 Å². The number of amides is 1. The molecule has 2 rings (SSSR count). The third-order valence-electron chi connectivity index (χ3n) is 3.47. The second kappa shape index (κ2) is 8.46. The van der Waals surface area contributed by atoms with Crippen molar-refractivity contribution >= 4 is 22.0 Å². The van der Waals surface area contributed by atoms with Crippen LogP contribution >= 0.6 is 0 Å². The number of carbonyl (C=O) groups excluding carboxylic acids is 1. The summed E-state index contributed by atoms with van der Waals surface area (Å²) in [6.07, 6.45) is 3.65. The lowest BCUT2D eigenvalue weighted by Crippen LogP contribution is -2.23. The van der Waals surface area contributed by atoms with Gasteiger partial charge in [0, 0.05) is 12.6 Å². The standard InChI is InChI=1S/C18H20N2O4S/c1-24-16-9-7-15(13-17(16)25(19,22)23)11-12-20-18(21)10-8-14-5-3-2-4-6-14/h2-10,13H,11-12H2,1H3,(H,20,21)(H2,19,22,23). The van der Waals surface area contributed by atoms with Gasteiger partial charge in [0.1, 0.15) is 10.6 Å². The van der Waals surface area contributed by atoms with Crippen molar-refractivity contribution in [2.45, 2.75) is 11.3 Å². The van der Waals surface area contributed by atoms with Gasteiger partial charge in [0.25, 0.3) is 0 Å². The summed E-state index contributed by atoms with van der Waals surface area (Å²) in [7, 11) is -2.49. The number of nitrogens with two attached hydrogens (primary N) is 1. The highest BCUT2D eigenvalue weighted by molar-refractivity contribution is 7.89. The van der Waals surface area contributed by atoms with Gasteiger partial charge < -0.3 is 10.1 Å². The van der Waals surface area contributed by atoms with Crippen LogP contribution < -0.4 is 15.2 Å². The molecule has 0 radical (unpaired) electrons. The van der Waals surface area contributed by atoms with Gasteiger partial charge in [-0.25, -0.2) is 13.6 Å². The first-order chi connectivity index (χ1) is 11.9. The molecule has 2 aromatic carbocycles. The number of sulfonamides is 1. The Morgan fingerprint density at radius 1 is 1.20 bits per heavy atom. The molecule has 0 heterocycles. The predicted molar refractivity (Wildman–Crippen MR) is 96.6 cm³/mol. The monoisotopic (exact) mass is 360 g/mol. The van der Waals surface area contributed by atoms with E-state index in [2.05, 4.69) is 5.32 Å². The van der Waals surface area contributed by atoms with Crippen molar-refractivity contribution in [1.82, 2.24) is 5.32 Å².